The van der Waals surface area contributed by atoms with Crippen LogP contribution in [0.15, 0.2) is 71.8 Å². The molecule has 1 N–H and O–H groups in total. The standard InChI is InChI=1S/C21H18N2O2/c1-15(17-7-3-2-4-8-17)23-21(24)19(13-22)12-16-11-18-9-5-6-10-20(18)25-14-16/h2-12,15H,14H2,1H3,(H,23,24)/b19-12+/t15-/m1/s1. The Kier molecular flexibility index (Phi) is 4.96. The van der Waals surface area contributed by atoms with Crippen LogP contribution in [0.4, 0.5) is 0 Å². The number of para-hydroxylation sites is 1. The van der Waals surface area contributed by atoms with Gasteiger partial charge in [-0.15, -0.1) is 0 Å². The molecular weight excluding hydrogens is 312 g/mol. The van der Waals surface area contributed by atoms with E-state index in [0.29, 0.717) is 6.61 Å². The minimum absolute atomic E-state index is 0.0667. The minimum atomic E-state index is -0.390. The predicted molar refractivity (Wildman–Crippen MR) is 96.6 cm³/mol. The summed E-state index contributed by atoms with van der Waals surface area (Å²) in [4.78, 5) is 12.4. The fourth-order valence-electron chi connectivity index (χ4n) is 2.65. The highest BCUT2D eigenvalue weighted by Crippen LogP contribution is 2.26. The summed E-state index contributed by atoms with van der Waals surface area (Å²) in [5, 5.41) is 12.2. The summed E-state index contributed by atoms with van der Waals surface area (Å²) in [5.74, 6) is 0.416. The van der Waals surface area contributed by atoms with Gasteiger partial charge in [0, 0.05) is 5.56 Å². The molecule has 0 unspecified atom stereocenters. The van der Waals surface area contributed by atoms with Crippen LogP contribution in [0.1, 0.15) is 24.1 Å². The van der Waals surface area contributed by atoms with E-state index in [1.165, 1.54) is 0 Å². The van der Waals surface area contributed by atoms with Gasteiger partial charge < -0.3 is 10.1 Å². The van der Waals surface area contributed by atoms with E-state index in [1.807, 2.05) is 73.7 Å². The molecule has 4 heteroatoms. The molecule has 0 aromatic heterocycles. The molecule has 4 nitrogen and oxygen atoms in total. The van der Waals surface area contributed by atoms with E-state index in [1.54, 1.807) is 6.08 Å². The molecule has 0 saturated heterocycles. The van der Waals surface area contributed by atoms with E-state index in [2.05, 4.69) is 5.32 Å². The summed E-state index contributed by atoms with van der Waals surface area (Å²) in [7, 11) is 0. The zero-order valence-corrected chi connectivity index (χ0v) is 13.9. The minimum Gasteiger partial charge on any atom is -0.488 e. The molecule has 124 valence electrons. The van der Waals surface area contributed by atoms with Crippen molar-refractivity contribution in [2.75, 3.05) is 6.61 Å². The molecule has 1 amide bonds. The Morgan fingerprint density at radius 3 is 2.68 bits per heavy atom. The smallest absolute Gasteiger partial charge is 0.262 e. The summed E-state index contributed by atoms with van der Waals surface area (Å²) in [6.07, 6.45) is 3.52. The Labute approximate surface area is 147 Å². The van der Waals surface area contributed by atoms with Gasteiger partial charge in [0.1, 0.15) is 24.0 Å². The van der Waals surface area contributed by atoms with E-state index in [9.17, 15) is 10.1 Å². The Morgan fingerprint density at radius 2 is 1.92 bits per heavy atom. The second-order valence-electron chi connectivity index (χ2n) is 5.82. The Bertz CT molecular complexity index is 876. The van der Waals surface area contributed by atoms with Crippen molar-refractivity contribution in [1.29, 1.82) is 5.26 Å². The van der Waals surface area contributed by atoms with Crippen LogP contribution in [-0.2, 0) is 4.79 Å². The Morgan fingerprint density at radius 1 is 1.20 bits per heavy atom. The number of nitriles is 1. The summed E-state index contributed by atoms with van der Waals surface area (Å²) in [6, 6.07) is 19.1. The molecule has 2 aromatic rings. The number of hydrogen-bond acceptors (Lipinski definition) is 3. The largest absolute Gasteiger partial charge is 0.488 e. The number of carbonyl (C=O) groups excluding carboxylic acids is 1. The van der Waals surface area contributed by atoms with Gasteiger partial charge in [0.2, 0.25) is 0 Å². The number of benzene rings is 2. The molecular formula is C21H18N2O2. The Balaban J connectivity index is 1.76. The van der Waals surface area contributed by atoms with Gasteiger partial charge in [-0.05, 0) is 36.3 Å². The van der Waals surface area contributed by atoms with Gasteiger partial charge in [0.25, 0.3) is 5.91 Å². The number of nitrogens with zero attached hydrogens (tertiary/aromatic N) is 1. The monoisotopic (exact) mass is 330 g/mol. The Hall–Kier alpha value is -3.32. The molecule has 2 aromatic carbocycles. The van der Waals surface area contributed by atoms with Gasteiger partial charge in [-0.25, -0.2) is 0 Å². The molecule has 0 radical (unpaired) electrons. The molecule has 0 spiro atoms. The lowest BCUT2D eigenvalue weighted by atomic mass is 10.0. The number of nitrogens with one attached hydrogen (secondary N) is 1. The SMILES string of the molecule is C[C@@H](NC(=O)/C(C#N)=C/C1=Cc2ccccc2OC1)c1ccccc1. The van der Waals surface area contributed by atoms with Crippen LogP contribution < -0.4 is 10.1 Å². The lowest BCUT2D eigenvalue weighted by Crippen LogP contribution is -2.27. The normalized spacial score (nSPS) is 14.4. The molecule has 25 heavy (non-hydrogen) atoms. The van der Waals surface area contributed by atoms with Crippen molar-refractivity contribution in [2.24, 2.45) is 0 Å². The molecule has 1 aliphatic rings. The van der Waals surface area contributed by atoms with Crippen molar-refractivity contribution in [1.82, 2.24) is 5.32 Å². The molecule has 0 saturated carbocycles. The quantitative estimate of drug-likeness (QED) is 0.685. The fraction of sp³-hybridized carbons (Fsp3) is 0.143. The van der Waals surface area contributed by atoms with Gasteiger partial charge in [-0.1, -0.05) is 48.5 Å². The third kappa shape index (κ3) is 3.96. The summed E-state index contributed by atoms with van der Waals surface area (Å²) in [5.41, 5.74) is 2.78. The van der Waals surface area contributed by atoms with Crippen molar-refractivity contribution in [3.8, 4) is 11.8 Å². The predicted octanol–water partition coefficient (Wildman–Crippen LogP) is 3.79. The van der Waals surface area contributed by atoms with Gasteiger partial charge in [-0.3, -0.25) is 4.79 Å². The molecule has 0 bridgehead atoms. The summed E-state index contributed by atoms with van der Waals surface area (Å²) in [6.45, 7) is 2.23. The van der Waals surface area contributed by atoms with E-state index in [4.69, 9.17) is 4.74 Å². The number of hydrogen-bond donors (Lipinski definition) is 1. The topological polar surface area (TPSA) is 62.1 Å². The van der Waals surface area contributed by atoms with E-state index < -0.39 is 5.91 Å². The van der Waals surface area contributed by atoms with Crippen LogP contribution >= 0.6 is 0 Å². The van der Waals surface area contributed by atoms with Crippen molar-refractivity contribution < 1.29 is 9.53 Å². The summed E-state index contributed by atoms with van der Waals surface area (Å²) >= 11 is 0. The maximum atomic E-state index is 12.4. The van der Waals surface area contributed by atoms with Gasteiger partial charge >= 0.3 is 0 Å². The average molecular weight is 330 g/mol. The average Bonchev–Trinajstić information content (AvgIpc) is 2.66. The number of ether oxygens (including phenoxy) is 1. The van der Waals surface area contributed by atoms with E-state index in [-0.39, 0.29) is 11.6 Å². The second kappa shape index (κ2) is 7.50. The molecule has 3 rings (SSSR count). The zero-order valence-electron chi connectivity index (χ0n) is 13.9. The zero-order chi connectivity index (χ0) is 17.6. The van der Waals surface area contributed by atoms with Crippen molar-refractivity contribution in [3.63, 3.8) is 0 Å². The van der Waals surface area contributed by atoms with Gasteiger partial charge in [0.15, 0.2) is 0 Å². The first-order valence-corrected chi connectivity index (χ1v) is 8.07. The number of amides is 1. The maximum Gasteiger partial charge on any atom is 0.262 e. The third-order valence-electron chi connectivity index (χ3n) is 4.00. The highest BCUT2D eigenvalue weighted by Gasteiger charge is 2.16. The molecule has 0 aliphatic carbocycles. The van der Waals surface area contributed by atoms with Crippen LogP contribution in [0.5, 0.6) is 5.75 Å². The highest BCUT2D eigenvalue weighted by molar-refractivity contribution is 5.98. The number of fused-ring (bicyclic) bond motifs is 1. The molecule has 1 heterocycles. The van der Waals surface area contributed by atoms with Gasteiger partial charge in [0.05, 0.1) is 6.04 Å². The lowest BCUT2D eigenvalue weighted by molar-refractivity contribution is -0.117. The number of rotatable bonds is 4. The van der Waals surface area contributed by atoms with Crippen molar-refractivity contribution in [3.05, 3.63) is 82.9 Å². The summed E-state index contributed by atoms with van der Waals surface area (Å²) < 4.78 is 5.66. The van der Waals surface area contributed by atoms with Gasteiger partial charge in [-0.2, -0.15) is 5.26 Å². The molecule has 0 fully saturated rings. The second-order valence-corrected chi connectivity index (χ2v) is 5.82. The van der Waals surface area contributed by atoms with E-state index in [0.717, 1.165) is 22.4 Å². The van der Waals surface area contributed by atoms with Crippen molar-refractivity contribution >= 4 is 12.0 Å². The first kappa shape index (κ1) is 16.5. The first-order chi connectivity index (χ1) is 12.2. The first-order valence-electron chi connectivity index (χ1n) is 8.07. The highest BCUT2D eigenvalue weighted by atomic mass is 16.5. The third-order valence-corrected chi connectivity index (χ3v) is 4.00. The fourth-order valence-corrected chi connectivity index (χ4v) is 2.65. The maximum absolute atomic E-state index is 12.4. The van der Waals surface area contributed by atoms with Crippen LogP contribution in [-0.4, -0.2) is 12.5 Å². The van der Waals surface area contributed by atoms with Crippen LogP contribution in [0, 0.1) is 11.3 Å². The van der Waals surface area contributed by atoms with E-state index >= 15 is 0 Å². The van der Waals surface area contributed by atoms with Crippen LogP contribution in [0.2, 0.25) is 0 Å². The van der Waals surface area contributed by atoms with Crippen LogP contribution in [0.3, 0.4) is 0 Å². The van der Waals surface area contributed by atoms with Crippen molar-refractivity contribution in [2.45, 2.75) is 13.0 Å². The molecule has 1 atom stereocenters. The molecule has 1 aliphatic heterocycles. The lowest BCUT2D eigenvalue weighted by Gasteiger charge is -2.17. The number of carbonyl (C=O) groups is 1. The van der Waals surface area contributed by atoms with Crippen LogP contribution in [0.25, 0.3) is 6.08 Å².